The van der Waals surface area contributed by atoms with Gasteiger partial charge in [-0.3, -0.25) is 4.98 Å². The van der Waals surface area contributed by atoms with E-state index in [2.05, 4.69) is 143 Å². The van der Waals surface area contributed by atoms with Gasteiger partial charge in [-0.1, -0.05) is 121 Å². The van der Waals surface area contributed by atoms with Crippen LogP contribution in [-0.2, 0) is 0 Å². The van der Waals surface area contributed by atoms with Gasteiger partial charge in [-0.2, -0.15) is 0 Å². The molecule has 172 valence electrons. The van der Waals surface area contributed by atoms with Gasteiger partial charge in [0, 0.05) is 30.7 Å². The molecule has 0 fully saturated rings. The maximum Gasteiger partial charge on any atom is 0.0463 e. The van der Waals surface area contributed by atoms with E-state index in [1.165, 1.54) is 26.9 Å². The maximum atomic E-state index is 4.30. The fraction of sp³-hybridized carbons (Fsp3) is 0.0645. The molecule has 1 heterocycles. The lowest BCUT2D eigenvalue weighted by molar-refractivity contribution is 1.05. The van der Waals surface area contributed by atoms with Crippen LogP contribution in [0.25, 0.3) is 0 Å². The molecule has 0 unspecified atom stereocenters. The van der Waals surface area contributed by atoms with Crippen molar-refractivity contribution in [3.63, 3.8) is 0 Å². The van der Waals surface area contributed by atoms with Crippen molar-refractivity contribution in [3.8, 4) is 0 Å². The number of nitrogens with zero attached hydrogens (tertiary/aromatic N) is 2. The van der Waals surface area contributed by atoms with Crippen molar-refractivity contribution in [2.45, 2.75) is 0 Å². The van der Waals surface area contributed by atoms with Crippen molar-refractivity contribution in [2.75, 3.05) is 17.5 Å². The summed E-state index contributed by atoms with van der Waals surface area (Å²) in [5.74, 6) is 0. The van der Waals surface area contributed by atoms with Gasteiger partial charge >= 0.3 is 0 Å². The summed E-state index contributed by atoms with van der Waals surface area (Å²) in [4.78, 5) is 6.89. The first-order valence-electron chi connectivity index (χ1n) is 11.8. The number of rotatable bonds is 9. The standard InChI is InChI=1S/C31H28N2P2/c1-5-13-28(14-6-1)34(29-15-7-2-8-16-29)25-33(27-21-23-32-24-22-27)26-35(30-17-9-3-10-18-30)31-19-11-4-12-20-31/h1-24H,25-26H2. The van der Waals surface area contributed by atoms with Gasteiger partial charge < -0.3 is 4.90 Å². The highest BCUT2D eigenvalue weighted by molar-refractivity contribution is 7.74. The lowest BCUT2D eigenvalue weighted by atomic mass is 10.4. The number of hydrogen-bond acceptors (Lipinski definition) is 2. The number of aromatic nitrogens is 1. The molecule has 0 saturated heterocycles. The van der Waals surface area contributed by atoms with Crippen LogP contribution in [0.5, 0.6) is 0 Å². The molecule has 35 heavy (non-hydrogen) atoms. The van der Waals surface area contributed by atoms with E-state index < -0.39 is 15.8 Å². The Hall–Kier alpha value is -3.31. The minimum Gasteiger partial charge on any atom is -0.362 e. The van der Waals surface area contributed by atoms with Crippen LogP contribution in [0.3, 0.4) is 0 Å². The molecule has 2 nitrogen and oxygen atoms in total. The number of pyridine rings is 1. The third kappa shape index (κ3) is 6.04. The Morgan fingerprint density at radius 2 is 0.743 bits per heavy atom. The second-order valence-corrected chi connectivity index (χ2v) is 12.6. The van der Waals surface area contributed by atoms with Crippen LogP contribution in [0, 0.1) is 0 Å². The zero-order chi connectivity index (χ0) is 23.7. The lowest BCUT2D eigenvalue weighted by Crippen LogP contribution is -2.32. The monoisotopic (exact) mass is 490 g/mol. The van der Waals surface area contributed by atoms with Crippen LogP contribution in [0.4, 0.5) is 5.69 Å². The average Bonchev–Trinajstić information content (AvgIpc) is 2.95. The first-order valence-corrected chi connectivity index (χ1v) is 14.8. The predicted molar refractivity (Wildman–Crippen MR) is 155 cm³/mol. The van der Waals surface area contributed by atoms with E-state index in [1.54, 1.807) is 0 Å². The van der Waals surface area contributed by atoms with Crippen molar-refractivity contribution in [1.29, 1.82) is 0 Å². The summed E-state index contributed by atoms with van der Waals surface area (Å²) in [5, 5.41) is 5.60. The molecule has 1 aromatic heterocycles. The molecule has 0 aliphatic heterocycles. The summed E-state index contributed by atoms with van der Waals surface area (Å²) < 4.78 is 0. The van der Waals surface area contributed by atoms with Gasteiger partial charge in [0.2, 0.25) is 0 Å². The first-order chi connectivity index (χ1) is 17.4. The molecule has 0 bridgehead atoms. The number of hydrogen-bond donors (Lipinski definition) is 0. The molecular formula is C31H28N2P2. The lowest BCUT2D eigenvalue weighted by Gasteiger charge is -2.33. The SMILES string of the molecule is c1ccc(P(CN(CP(c2ccccc2)c2ccccc2)c2ccncc2)c2ccccc2)cc1. The summed E-state index contributed by atoms with van der Waals surface area (Å²) in [5.41, 5.74) is 1.22. The van der Waals surface area contributed by atoms with Crippen molar-refractivity contribution in [1.82, 2.24) is 4.98 Å². The highest BCUT2D eigenvalue weighted by Gasteiger charge is 2.23. The maximum absolute atomic E-state index is 4.30. The number of benzene rings is 4. The molecule has 4 heteroatoms. The summed E-state index contributed by atoms with van der Waals surface area (Å²) in [7, 11) is -1.13. The summed E-state index contributed by atoms with van der Waals surface area (Å²) in [6, 6.07) is 48.2. The van der Waals surface area contributed by atoms with E-state index in [4.69, 9.17) is 0 Å². The summed E-state index contributed by atoms with van der Waals surface area (Å²) >= 11 is 0. The normalized spacial score (nSPS) is 11.0. The minimum atomic E-state index is -0.566. The van der Waals surface area contributed by atoms with Gasteiger partial charge in [0.25, 0.3) is 0 Å². The second kappa shape index (κ2) is 11.9. The smallest absolute Gasteiger partial charge is 0.0463 e. The minimum absolute atomic E-state index is 0.566. The fourth-order valence-electron chi connectivity index (χ4n) is 4.16. The molecule has 0 spiro atoms. The Balaban J connectivity index is 1.55. The van der Waals surface area contributed by atoms with E-state index in [9.17, 15) is 0 Å². The van der Waals surface area contributed by atoms with Crippen LogP contribution in [0.15, 0.2) is 146 Å². The molecule has 0 saturated carbocycles. The van der Waals surface area contributed by atoms with E-state index >= 15 is 0 Å². The topological polar surface area (TPSA) is 16.1 Å². The molecule has 4 aromatic carbocycles. The van der Waals surface area contributed by atoms with Crippen molar-refractivity contribution in [2.24, 2.45) is 0 Å². The fourth-order valence-corrected chi connectivity index (χ4v) is 8.91. The van der Waals surface area contributed by atoms with Crippen LogP contribution in [-0.4, -0.2) is 17.6 Å². The summed E-state index contributed by atoms with van der Waals surface area (Å²) in [6.45, 7) is 0. The highest BCUT2D eigenvalue weighted by atomic mass is 31.1. The molecule has 0 aliphatic carbocycles. The van der Waals surface area contributed by atoms with Crippen LogP contribution < -0.4 is 26.1 Å². The van der Waals surface area contributed by atoms with Crippen LogP contribution >= 0.6 is 15.8 Å². The van der Waals surface area contributed by atoms with E-state index in [-0.39, 0.29) is 0 Å². The van der Waals surface area contributed by atoms with Crippen molar-refractivity contribution >= 4 is 42.7 Å². The van der Waals surface area contributed by atoms with Gasteiger partial charge in [-0.05, 0) is 49.2 Å². The quantitative estimate of drug-likeness (QED) is 0.233. The van der Waals surface area contributed by atoms with Crippen molar-refractivity contribution < 1.29 is 0 Å². The van der Waals surface area contributed by atoms with Gasteiger partial charge in [0.1, 0.15) is 0 Å². The van der Waals surface area contributed by atoms with E-state index in [1.807, 2.05) is 12.4 Å². The predicted octanol–water partition coefficient (Wildman–Crippen LogP) is 6.07. The highest BCUT2D eigenvalue weighted by Crippen LogP contribution is 2.41. The largest absolute Gasteiger partial charge is 0.362 e. The third-order valence-electron chi connectivity index (χ3n) is 5.92. The van der Waals surface area contributed by atoms with Crippen molar-refractivity contribution in [3.05, 3.63) is 146 Å². The molecular weight excluding hydrogens is 462 g/mol. The Bertz CT molecular complexity index is 1120. The number of anilines is 1. The van der Waals surface area contributed by atoms with E-state index in [0.717, 1.165) is 12.6 Å². The molecule has 5 rings (SSSR count). The molecule has 0 radical (unpaired) electrons. The Kier molecular flexibility index (Phi) is 7.96. The molecule has 0 atom stereocenters. The molecule has 5 aromatic rings. The molecule has 0 aliphatic rings. The third-order valence-corrected chi connectivity index (χ3v) is 10.9. The van der Waals surface area contributed by atoms with Gasteiger partial charge in [0.15, 0.2) is 0 Å². The van der Waals surface area contributed by atoms with Gasteiger partial charge in [0.05, 0.1) is 0 Å². The van der Waals surface area contributed by atoms with Gasteiger partial charge in [-0.25, -0.2) is 0 Å². The molecule has 0 amide bonds. The van der Waals surface area contributed by atoms with Crippen LogP contribution in [0.1, 0.15) is 0 Å². The Morgan fingerprint density at radius 1 is 0.429 bits per heavy atom. The molecule has 0 N–H and O–H groups in total. The summed E-state index contributed by atoms with van der Waals surface area (Å²) in [6.07, 6.45) is 5.71. The zero-order valence-corrected chi connectivity index (χ0v) is 21.3. The van der Waals surface area contributed by atoms with E-state index in [0.29, 0.717) is 0 Å². The second-order valence-electron chi connectivity index (χ2n) is 8.23. The van der Waals surface area contributed by atoms with Crippen LogP contribution in [0.2, 0.25) is 0 Å². The Labute approximate surface area is 210 Å². The van der Waals surface area contributed by atoms with Gasteiger partial charge in [-0.15, -0.1) is 0 Å². The zero-order valence-electron chi connectivity index (χ0n) is 19.6. The average molecular weight is 491 g/mol. The first kappa shape index (κ1) is 23.4. The Morgan fingerprint density at radius 3 is 1.06 bits per heavy atom.